The average molecular weight is 390 g/mol. The summed E-state index contributed by atoms with van der Waals surface area (Å²) >= 11 is 0. The van der Waals surface area contributed by atoms with Gasteiger partial charge in [-0.1, -0.05) is 50.1 Å². The van der Waals surface area contributed by atoms with E-state index in [2.05, 4.69) is 0 Å². The molecule has 0 spiro atoms. The predicted octanol–water partition coefficient (Wildman–Crippen LogP) is 3.61. The van der Waals surface area contributed by atoms with Crippen molar-refractivity contribution in [2.75, 3.05) is 0 Å². The van der Waals surface area contributed by atoms with Gasteiger partial charge in [0.05, 0.1) is 12.0 Å². The maximum atomic E-state index is 14.1. The highest BCUT2D eigenvalue weighted by molar-refractivity contribution is 5.89. The molecule has 6 atom stereocenters. The van der Waals surface area contributed by atoms with Crippen LogP contribution >= 0.6 is 0 Å². The van der Waals surface area contributed by atoms with Gasteiger partial charge in [-0.05, 0) is 18.6 Å². The SMILES string of the molecule is CCCC[C@H](F)[C@@H](O)C=C[C@@H]1[C@H]2CC(=O)O[C@H]2C[C@H]1OC(=O)c1ccccc1. The first kappa shape index (κ1) is 20.5. The zero-order chi connectivity index (χ0) is 20.1. The van der Waals surface area contributed by atoms with Crippen LogP contribution in [-0.4, -0.2) is 41.5 Å². The molecule has 28 heavy (non-hydrogen) atoms. The Morgan fingerprint density at radius 1 is 1.39 bits per heavy atom. The summed E-state index contributed by atoms with van der Waals surface area (Å²) in [5, 5.41) is 10.1. The average Bonchev–Trinajstić information content (AvgIpc) is 3.20. The zero-order valence-corrected chi connectivity index (χ0v) is 16.0. The molecule has 0 aromatic heterocycles. The number of halogens is 1. The quantitative estimate of drug-likeness (QED) is 0.542. The molecule has 2 fully saturated rings. The zero-order valence-electron chi connectivity index (χ0n) is 16.0. The van der Waals surface area contributed by atoms with Crippen LogP contribution in [0, 0.1) is 11.8 Å². The van der Waals surface area contributed by atoms with Gasteiger partial charge in [-0.15, -0.1) is 0 Å². The molecule has 1 saturated carbocycles. The van der Waals surface area contributed by atoms with E-state index in [-0.39, 0.29) is 30.3 Å². The normalized spacial score (nSPS) is 28.8. The second-order valence-corrected chi connectivity index (χ2v) is 7.55. The van der Waals surface area contributed by atoms with Gasteiger partial charge in [0.15, 0.2) is 0 Å². The van der Waals surface area contributed by atoms with Crippen LogP contribution in [0.5, 0.6) is 0 Å². The number of aliphatic hydroxyl groups excluding tert-OH is 1. The van der Waals surface area contributed by atoms with Crippen molar-refractivity contribution in [1.29, 1.82) is 0 Å². The molecule has 1 aliphatic carbocycles. The van der Waals surface area contributed by atoms with E-state index in [0.717, 1.165) is 6.42 Å². The van der Waals surface area contributed by atoms with Crippen molar-refractivity contribution in [3.05, 3.63) is 48.0 Å². The summed E-state index contributed by atoms with van der Waals surface area (Å²) in [6.45, 7) is 1.97. The molecule has 2 aliphatic rings. The molecule has 3 rings (SSSR count). The number of hydrogen-bond donors (Lipinski definition) is 1. The van der Waals surface area contributed by atoms with Gasteiger partial charge >= 0.3 is 11.9 Å². The number of ether oxygens (including phenoxy) is 2. The summed E-state index contributed by atoms with van der Waals surface area (Å²) < 4.78 is 25.1. The fourth-order valence-corrected chi connectivity index (χ4v) is 4.00. The minimum atomic E-state index is -1.33. The number of alkyl halides is 1. The van der Waals surface area contributed by atoms with Gasteiger partial charge in [0.25, 0.3) is 0 Å². The lowest BCUT2D eigenvalue weighted by molar-refractivity contribution is -0.141. The topological polar surface area (TPSA) is 72.8 Å². The molecule has 1 aromatic carbocycles. The van der Waals surface area contributed by atoms with Gasteiger partial charge in [-0.2, -0.15) is 0 Å². The van der Waals surface area contributed by atoms with E-state index < -0.39 is 24.3 Å². The van der Waals surface area contributed by atoms with Crippen LogP contribution in [0.1, 0.15) is 49.4 Å². The van der Waals surface area contributed by atoms with E-state index in [0.29, 0.717) is 24.8 Å². The van der Waals surface area contributed by atoms with Crippen molar-refractivity contribution >= 4 is 11.9 Å². The maximum absolute atomic E-state index is 14.1. The van der Waals surface area contributed by atoms with Crippen LogP contribution in [0.3, 0.4) is 0 Å². The molecular weight excluding hydrogens is 363 g/mol. The molecule has 1 aliphatic heterocycles. The predicted molar refractivity (Wildman–Crippen MR) is 101 cm³/mol. The third-order valence-corrected chi connectivity index (χ3v) is 5.55. The van der Waals surface area contributed by atoms with E-state index in [9.17, 15) is 19.1 Å². The van der Waals surface area contributed by atoms with Crippen LogP contribution in [0.15, 0.2) is 42.5 Å². The minimum Gasteiger partial charge on any atom is -0.462 e. The molecule has 1 saturated heterocycles. The molecule has 0 bridgehead atoms. The second kappa shape index (κ2) is 9.32. The van der Waals surface area contributed by atoms with E-state index in [1.807, 2.05) is 13.0 Å². The lowest BCUT2D eigenvalue weighted by Gasteiger charge is -2.21. The van der Waals surface area contributed by atoms with Crippen molar-refractivity contribution < 1.29 is 28.6 Å². The summed E-state index contributed by atoms with van der Waals surface area (Å²) in [5.74, 6) is -1.13. The maximum Gasteiger partial charge on any atom is 0.338 e. The summed E-state index contributed by atoms with van der Waals surface area (Å²) in [4.78, 5) is 24.1. The highest BCUT2D eigenvalue weighted by Gasteiger charge is 2.50. The largest absolute Gasteiger partial charge is 0.462 e. The van der Waals surface area contributed by atoms with Crippen molar-refractivity contribution in [2.24, 2.45) is 11.8 Å². The highest BCUT2D eigenvalue weighted by Crippen LogP contribution is 2.43. The minimum absolute atomic E-state index is 0.127. The number of esters is 2. The number of hydrogen-bond acceptors (Lipinski definition) is 5. The van der Waals surface area contributed by atoms with Gasteiger partial charge in [0.1, 0.15) is 24.5 Å². The third-order valence-electron chi connectivity index (χ3n) is 5.55. The van der Waals surface area contributed by atoms with Gasteiger partial charge in [0.2, 0.25) is 0 Å². The second-order valence-electron chi connectivity index (χ2n) is 7.55. The number of carbonyl (C=O) groups is 2. The first-order valence-electron chi connectivity index (χ1n) is 9.95. The molecule has 0 amide bonds. The number of rotatable bonds is 8. The summed E-state index contributed by atoms with van der Waals surface area (Å²) in [5.41, 5.74) is 0.447. The first-order chi connectivity index (χ1) is 13.5. The van der Waals surface area contributed by atoms with Crippen LogP contribution in [0.4, 0.5) is 4.39 Å². The summed E-state index contributed by atoms with van der Waals surface area (Å²) in [6.07, 6.45) is 2.31. The van der Waals surface area contributed by atoms with Crippen molar-refractivity contribution in [3.63, 3.8) is 0 Å². The smallest absolute Gasteiger partial charge is 0.338 e. The Bertz CT molecular complexity index is 704. The molecule has 1 N–H and O–H groups in total. The Morgan fingerprint density at radius 3 is 2.86 bits per heavy atom. The van der Waals surface area contributed by atoms with Crippen LogP contribution in [0.25, 0.3) is 0 Å². The fourth-order valence-electron chi connectivity index (χ4n) is 4.00. The van der Waals surface area contributed by atoms with E-state index in [1.165, 1.54) is 6.08 Å². The summed E-state index contributed by atoms with van der Waals surface area (Å²) in [6, 6.07) is 8.68. The molecule has 152 valence electrons. The Morgan fingerprint density at radius 2 is 2.14 bits per heavy atom. The van der Waals surface area contributed by atoms with E-state index in [4.69, 9.17) is 9.47 Å². The number of fused-ring (bicyclic) bond motifs is 1. The third kappa shape index (κ3) is 4.79. The number of carbonyl (C=O) groups excluding carboxylic acids is 2. The molecular formula is C22H27FO5. The Balaban J connectivity index is 1.69. The molecule has 0 radical (unpaired) electrons. The van der Waals surface area contributed by atoms with E-state index >= 15 is 0 Å². The lowest BCUT2D eigenvalue weighted by Crippen LogP contribution is -2.26. The number of unbranched alkanes of at least 4 members (excludes halogenated alkanes) is 1. The summed E-state index contributed by atoms with van der Waals surface area (Å²) in [7, 11) is 0. The Hall–Kier alpha value is -2.21. The molecule has 1 aromatic rings. The van der Waals surface area contributed by atoms with Gasteiger partial charge < -0.3 is 14.6 Å². The van der Waals surface area contributed by atoms with Crippen LogP contribution < -0.4 is 0 Å². The van der Waals surface area contributed by atoms with Crippen LogP contribution in [-0.2, 0) is 14.3 Å². The molecule has 5 nitrogen and oxygen atoms in total. The van der Waals surface area contributed by atoms with Gasteiger partial charge in [-0.3, -0.25) is 4.79 Å². The first-order valence-corrected chi connectivity index (χ1v) is 9.95. The highest BCUT2D eigenvalue weighted by atomic mass is 19.1. The number of aliphatic hydroxyl groups is 1. The van der Waals surface area contributed by atoms with Crippen molar-refractivity contribution in [3.8, 4) is 0 Å². The standard InChI is InChI=1S/C22H27FO5/c1-2-3-9-17(23)18(24)11-10-15-16-12-21(25)27-20(16)13-19(15)28-22(26)14-7-5-4-6-8-14/h4-8,10-11,15-20,24H,2-3,9,12-13H2,1H3/t15-,16-,17+,18+,19-,20+/m1/s1. The Labute approximate surface area is 164 Å². The Kier molecular flexibility index (Phi) is 6.83. The van der Waals surface area contributed by atoms with Gasteiger partial charge in [-0.25, -0.2) is 9.18 Å². The number of benzene rings is 1. The lowest BCUT2D eigenvalue weighted by atomic mass is 9.91. The molecule has 1 heterocycles. The van der Waals surface area contributed by atoms with Crippen molar-refractivity contribution in [2.45, 2.75) is 63.5 Å². The van der Waals surface area contributed by atoms with Gasteiger partial charge in [0, 0.05) is 18.3 Å². The monoisotopic (exact) mass is 390 g/mol. The molecule has 0 unspecified atom stereocenters. The van der Waals surface area contributed by atoms with E-state index in [1.54, 1.807) is 30.3 Å². The van der Waals surface area contributed by atoms with Crippen LogP contribution in [0.2, 0.25) is 0 Å². The fraction of sp³-hybridized carbons (Fsp3) is 0.545. The van der Waals surface area contributed by atoms with Crippen molar-refractivity contribution in [1.82, 2.24) is 0 Å². The molecule has 6 heteroatoms.